The van der Waals surface area contributed by atoms with Gasteiger partial charge in [-0.2, -0.15) is 5.10 Å². The highest BCUT2D eigenvalue weighted by Crippen LogP contribution is 2.28. The van der Waals surface area contributed by atoms with Crippen LogP contribution in [0, 0.1) is 0 Å². The zero-order valence-corrected chi connectivity index (χ0v) is 18.9. The Bertz CT molecular complexity index is 1240. The van der Waals surface area contributed by atoms with Crippen LogP contribution in [0.25, 0.3) is 22.1 Å². The molecule has 4 heterocycles. The molecule has 1 saturated heterocycles. The lowest BCUT2D eigenvalue weighted by atomic mass is 10.1. The van der Waals surface area contributed by atoms with Gasteiger partial charge in [-0.05, 0) is 37.7 Å². The first-order valence-corrected chi connectivity index (χ1v) is 12.1. The number of fused-ring (bicyclic) bond motifs is 2. The van der Waals surface area contributed by atoms with Crippen LogP contribution < -0.4 is 10.2 Å². The van der Waals surface area contributed by atoms with E-state index >= 15 is 0 Å². The predicted octanol–water partition coefficient (Wildman–Crippen LogP) is 2.70. The second kappa shape index (κ2) is 9.15. The molecule has 4 aromatic rings. The predicted molar refractivity (Wildman–Crippen MR) is 126 cm³/mol. The molecule has 1 amide bonds. The van der Waals surface area contributed by atoms with Crippen molar-refractivity contribution in [2.75, 3.05) is 30.8 Å². The Morgan fingerprint density at radius 2 is 2.00 bits per heavy atom. The normalized spacial score (nSPS) is 14.3. The van der Waals surface area contributed by atoms with Gasteiger partial charge in [-0.15, -0.1) is 0 Å². The average molecular weight is 451 g/mol. The van der Waals surface area contributed by atoms with Crippen LogP contribution in [0.5, 0.6) is 0 Å². The molecule has 1 aliphatic rings. The maximum Gasteiger partial charge on any atom is 0.240 e. The van der Waals surface area contributed by atoms with Gasteiger partial charge in [-0.25, -0.2) is 19.6 Å². The Morgan fingerprint density at radius 1 is 1.16 bits per heavy atom. The number of aromatic nitrogens is 6. The van der Waals surface area contributed by atoms with E-state index < -0.39 is 0 Å². The van der Waals surface area contributed by atoms with Crippen molar-refractivity contribution in [3.63, 3.8) is 0 Å². The molecule has 32 heavy (non-hydrogen) atoms. The van der Waals surface area contributed by atoms with E-state index in [0.717, 1.165) is 46.1 Å². The molecular weight excluding hydrogens is 424 g/mol. The molecule has 1 aromatic carbocycles. The quantitative estimate of drug-likeness (QED) is 0.342. The number of nitrogens with one attached hydrogen (secondary N) is 1. The highest BCUT2D eigenvalue weighted by Gasteiger charge is 2.19. The summed E-state index contributed by atoms with van der Waals surface area (Å²) in [5.74, 6) is 0.916. The number of benzene rings is 1. The van der Waals surface area contributed by atoms with Gasteiger partial charge in [0.2, 0.25) is 5.91 Å². The standard InChI is InChI=1S/C22H26N8OS/c1-32-22-26-20(28-10-5-2-6-11-28)16-13-25-30(21(16)27-22)12-9-23-19(31)14-29-15-24-17-7-3-4-8-18(17)29/h3-4,7-8,13,15H,2,5-6,9-12,14H2,1H3,(H,23,31). The number of anilines is 1. The molecule has 10 heteroatoms. The van der Waals surface area contributed by atoms with Gasteiger partial charge >= 0.3 is 0 Å². The van der Waals surface area contributed by atoms with Crippen molar-refractivity contribution in [1.82, 2.24) is 34.6 Å². The van der Waals surface area contributed by atoms with Crippen molar-refractivity contribution in [2.45, 2.75) is 37.5 Å². The fourth-order valence-corrected chi connectivity index (χ4v) is 4.53. The summed E-state index contributed by atoms with van der Waals surface area (Å²) in [6.07, 6.45) is 9.19. The number of amides is 1. The van der Waals surface area contributed by atoms with Crippen molar-refractivity contribution in [3.05, 3.63) is 36.8 Å². The number of hydrogen-bond acceptors (Lipinski definition) is 7. The molecule has 0 radical (unpaired) electrons. The zero-order valence-electron chi connectivity index (χ0n) is 18.1. The van der Waals surface area contributed by atoms with Crippen LogP contribution >= 0.6 is 11.8 Å². The minimum absolute atomic E-state index is 0.0574. The molecular formula is C22H26N8OS. The first-order valence-electron chi connectivity index (χ1n) is 10.9. The second-order valence-corrected chi connectivity index (χ2v) is 8.67. The summed E-state index contributed by atoms with van der Waals surface area (Å²) in [5, 5.41) is 9.26. The van der Waals surface area contributed by atoms with Gasteiger partial charge in [0.05, 0.1) is 35.5 Å². The summed E-state index contributed by atoms with van der Waals surface area (Å²) in [7, 11) is 0. The lowest BCUT2D eigenvalue weighted by Crippen LogP contribution is -2.31. The highest BCUT2D eigenvalue weighted by atomic mass is 32.2. The van der Waals surface area contributed by atoms with E-state index in [1.165, 1.54) is 31.0 Å². The topological polar surface area (TPSA) is 93.8 Å². The van der Waals surface area contributed by atoms with Gasteiger partial charge in [-0.1, -0.05) is 23.9 Å². The summed E-state index contributed by atoms with van der Waals surface area (Å²) in [4.78, 5) is 28.6. The van der Waals surface area contributed by atoms with E-state index in [1.54, 1.807) is 6.33 Å². The van der Waals surface area contributed by atoms with Gasteiger partial charge in [0.15, 0.2) is 10.8 Å². The zero-order chi connectivity index (χ0) is 21.9. The molecule has 1 N–H and O–H groups in total. The van der Waals surface area contributed by atoms with Gasteiger partial charge in [0.25, 0.3) is 0 Å². The van der Waals surface area contributed by atoms with Crippen LogP contribution in [-0.4, -0.2) is 61.1 Å². The average Bonchev–Trinajstić information content (AvgIpc) is 3.43. The lowest BCUT2D eigenvalue weighted by molar-refractivity contribution is -0.121. The van der Waals surface area contributed by atoms with Gasteiger partial charge < -0.3 is 14.8 Å². The summed E-state index contributed by atoms with van der Waals surface area (Å²) in [5.41, 5.74) is 2.66. The first kappa shape index (κ1) is 20.7. The summed E-state index contributed by atoms with van der Waals surface area (Å²) >= 11 is 1.54. The first-order chi connectivity index (χ1) is 15.7. The fourth-order valence-electron chi connectivity index (χ4n) is 4.17. The third kappa shape index (κ3) is 4.14. The molecule has 0 atom stereocenters. The van der Waals surface area contributed by atoms with Crippen LogP contribution in [-0.2, 0) is 17.9 Å². The number of carbonyl (C=O) groups is 1. The van der Waals surface area contributed by atoms with E-state index in [-0.39, 0.29) is 12.5 Å². The maximum atomic E-state index is 12.5. The molecule has 3 aromatic heterocycles. The smallest absolute Gasteiger partial charge is 0.240 e. The molecule has 0 unspecified atom stereocenters. The van der Waals surface area contributed by atoms with E-state index in [0.29, 0.717) is 13.1 Å². The Morgan fingerprint density at radius 3 is 2.84 bits per heavy atom. The van der Waals surface area contributed by atoms with E-state index in [2.05, 4.69) is 20.3 Å². The minimum atomic E-state index is -0.0574. The fraction of sp³-hybridized carbons (Fsp3) is 0.409. The summed E-state index contributed by atoms with van der Waals surface area (Å²) in [6.45, 7) is 3.29. The summed E-state index contributed by atoms with van der Waals surface area (Å²) in [6, 6.07) is 7.80. The number of nitrogens with zero attached hydrogens (tertiary/aromatic N) is 7. The Labute approximate surface area is 190 Å². The SMILES string of the molecule is CSc1nc(N2CCCCC2)c2cnn(CCNC(=O)Cn3cnc4ccccc43)c2n1. The van der Waals surface area contributed by atoms with Crippen LogP contribution in [0.15, 0.2) is 41.9 Å². The van der Waals surface area contributed by atoms with Crippen LogP contribution in [0.2, 0.25) is 0 Å². The van der Waals surface area contributed by atoms with Crippen LogP contribution in [0.1, 0.15) is 19.3 Å². The molecule has 0 aliphatic carbocycles. The number of para-hydroxylation sites is 2. The van der Waals surface area contributed by atoms with Crippen molar-refractivity contribution >= 4 is 45.6 Å². The van der Waals surface area contributed by atoms with E-state index in [4.69, 9.17) is 9.97 Å². The number of piperidine rings is 1. The number of hydrogen-bond donors (Lipinski definition) is 1. The van der Waals surface area contributed by atoms with Gasteiger partial charge in [0, 0.05) is 19.6 Å². The molecule has 5 rings (SSSR count). The van der Waals surface area contributed by atoms with Crippen molar-refractivity contribution in [3.8, 4) is 0 Å². The Kier molecular flexibility index (Phi) is 5.93. The molecule has 0 saturated carbocycles. The number of thioether (sulfide) groups is 1. The third-order valence-corrected chi connectivity index (χ3v) is 6.33. The molecule has 0 spiro atoms. The van der Waals surface area contributed by atoms with Crippen LogP contribution in [0.4, 0.5) is 5.82 Å². The number of rotatable bonds is 7. The van der Waals surface area contributed by atoms with Crippen LogP contribution in [0.3, 0.4) is 0 Å². The number of imidazole rings is 1. The summed E-state index contributed by atoms with van der Waals surface area (Å²) < 4.78 is 3.72. The Hall–Kier alpha value is -3.14. The molecule has 1 aliphatic heterocycles. The monoisotopic (exact) mass is 450 g/mol. The molecule has 0 bridgehead atoms. The van der Waals surface area contributed by atoms with Gasteiger partial charge in [0.1, 0.15) is 12.4 Å². The molecule has 9 nitrogen and oxygen atoms in total. The van der Waals surface area contributed by atoms with Crippen molar-refractivity contribution in [1.29, 1.82) is 0 Å². The van der Waals surface area contributed by atoms with E-state index in [9.17, 15) is 4.79 Å². The minimum Gasteiger partial charge on any atom is -0.356 e. The largest absolute Gasteiger partial charge is 0.356 e. The lowest BCUT2D eigenvalue weighted by Gasteiger charge is -2.28. The van der Waals surface area contributed by atoms with Crippen molar-refractivity contribution < 1.29 is 4.79 Å². The molecule has 166 valence electrons. The Balaban J connectivity index is 1.27. The van der Waals surface area contributed by atoms with Gasteiger partial charge in [-0.3, -0.25) is 4.79 Å². The second-order valence-electron chi connectivity index (χ2n) is 7.90. The molecule has 1 fully saturated rings. The third-order valence-electron chi connectivity index (χ3n) is 5.78. The van der Waals surface area contributed by atoms with Crippen molar-refractivity contribution in [2.24, 2.45) is 0 Å². The van der Waals surface area contributed by atoms with E-state index in [1.807, 2.05) is 46.0 Å². The maximum absolute atomic E-state index is 12.5. The number of carbonyl (C=O) groups excluding carboxylic acids is 1. The highest BCUT2D eigenvalue weighted by molar-refractivity contribution is 7.98.